The van der Waals surface area contributed by atoms with E-state index < -0.39 is 28.9 Å². The summed E-state index contributed by atoms with van der Waals surface area (Å²) in [5.41, 5.74) is 4.57. The van der Waals surface area contributed by atoms with Gasteiger partial charge in [0.15, 0.2) is 0 Å². The third kappa shape index (κ3) is 6.13. The highest BCUT2D eigenvalue weighted by atomic mass is 16.4. The fraction of sp³-hybridized carbons (Fsp3) is 0.459. The molecule has 0 heterocycles. The van der Waals surface area contributed by atoms with Gasteiger partial charge in [-0.25, -0.2) is 0 Å². The lowest BCUT2D eigenvalue weighted by atomic mass is 9.69. The van der Waals surface area contributed by atoms with Gasteiger partial charge in [0, 0.05) is 6.54 Å². The number of carboxylic acid groups (broad SMARTS) is 2. The lowest BCUT2D eigenvalue weighted by Gasteiger charge is -2.46. The van der Waals surface area contributed by atoms with Gasteiger partial charge >= 0.3 is 11.9 Å². The van der Waals surface area contributed by atoms with Crippen molar-refractivity contribution < 1.29 is 19.8 Å². The SMILES string of the molecule is CCN(CCc1ccc(C(c2ccccc2)(c2ccccc2)N(CC)CC)c(C)c1)C1(C(=O)O)CCC(C(=O)O)C(C)C1. The summed E-state index contributed by atoms with van der Waals surface area (Å²) in [5, 5.41) is 20.0. The topological polar surface area (TPSA) is 81.1 Å². The molecule has 43 heavy (non-hydrogen) atoms. The van der Waals surface area contributed by atoms with Crippen LogP contribution in [0.5, 0.6) is 0 Å². The smallest absolute Gasteiger partial charge is 0.324 e. The molecule has 230 valence electrons. The van der Waals surface area contributed by atoms with Gasteiger partial charge in [0.25, 0.3) is 0 Å². The molecule has 0 saturated heterocycles. The lowest BCUT2D eigenvalue weighted by Crippen LogP contribution is -2.59. The number of aryl methyl sites for hydroxylation is 1. The Balaban J connectivity index is 1.70. The van der Waals surface area contributed by atoms with E-state index in [0.29, 0.717) is 32.4 Å². The highest BCUT2D eigenvalue weighted by molar-refractivity contribution is 5.80. The molecule has 0 bridgehead atoms. The average Bonchev–Trinajstić information content (AvgIpc) is 3.01. The molecule has 3 atom stereocenters. The second kappa shape index (κ2) is 13.9. The number of carbonyl (C=O) groups is 2. The van der Waals surface area contributed by atoms with Crippen molar-refractivity contribution in [3.05, 3.63) is 107 Å². The summed E-state index contributed by atoms with van der Waals surface area (Å²) in [6, 6.07) is 28.2. The Morgan fingerprint density at radius 2 is 1.47 bits per heavy atom. The first kappa shape index (κ1) is 32.4. The molecule has 1 fully saturated rings. The van der Waals surface area contributed by atoms with Crippen molar-refractivity contribution >= 4 is 11.9 Å². The molecule has 1 aliphatic rings. The van der Waals surface area contributed by atoms with Crippen LogP contribution >= 0.6 is 0 Å². The Bertz CT molecular complexity index is 1330. The molecular weight excluding hydrogens is 536 g/mol. The molecule has 3 unspecified atom stereocenters. The normalized spacial score (nSPS) is 20.8. The highest BCUT2D eigenvalue weighted by Gasteiger charge is 2.50. The van der Waals surface area contributed by atoms with Crippen molar-refractivity contribution in [1.82, 2.24) is 9.80 Å². The van der Waals surface area contributed by atoms with Crippen LogP contribution in [-0.2, 0) is 21.5 Å². The fourth-order valence-corrected chi connectivity index (χ4v) is 7.74. The lowest BCUT2D eigenvalue weighted by molar-refractivity contribution is -0.161. The molecule has 1 saturated carbocycles. The van der Waals surface area contributed by atoms with Crippen LogP contribution in [0.25, 0.3) is 0 Å². The maximum atomic E-state index is 12.7. The summed E-state index contributed by atoms with van der Waals surface area (Å²) in [6.07, 6.45) is 1.82. The number of carboxylic acids is 2. The summed E-state index contributed by atoms with van der Waals surface area (Å²) in [5.74, 6) is -2.34. The minimum atomic E-state index is -1.03. The van der Waals surface area contributed by atoms with Crippen LogP contribution in [0.3, 0.4) is 0 Å². The molecule has 6 heteroatoms. The van der Waals surface area contributed by atoms with Crippen LogP contribution in [0.4, 0.5) is 0 Å². The quantitative estimate of drug-likeness (QED) is 0.214. The Kier molecular flexibility index (Phi) is 10.5. The zero-order chi connectivity index (χ0) is 31.2. The highest BCUT2D eigenvalue weighted by Crippen LogP contribution is 2.44. The molecule has 6 nitrogen and oxygen atoms in total. The van der Waals surface area contributed by atoms with Gasteiger partial charge in [0.2, 0.25) is 0 Å². The van der Waals surface area contributed by atoms with E-state index in [4.69, 9.17) is 0 Å². The van der Waals surface area contributed by atoms with E-state index in [2.05, 4.69) is 109 Å². The van der Waals surface area contributed by atoms with Crippen LogP contribution in [0.1, 0.15) is 74.8 Å². The van der Waals surface area contributed by atoms with Gasteiger partial charge < -0.3 is 10.2 Å². The Morgan fingerprint density at radius 1 is 0.884 bits per heavy atom. The molecule has 0 radical (unpaired) electrons. The first-order chi connectivity index (χ1) is 20.6. The largest absolute Gasteiger partial charge is 0.481 e. The fourth-order valence-electron chi connectivity index (χ4n) is 7.74. The van der Waals surface area contributed by atoms with Crippen molar-refractivity contribution in [2.24, 2.45) is 11.8 Å². The Morgan fingerprint density at radius 3 is 1.91 bits per heavy atom. The summed E-state index contributed by atoms with van der Waals surface area (Å²) in [6.45, 7) is 13.5. The van der Waals surface area contributed by atoms with Gasteiger partial charge in [-0.05, 0) is 86.0 Å². The molecule has 3 aromatic rings. The molecule has 0 spiro atoms. The van der Waals surface area contributed by atoms with Crippen LogP contribution in [0.2, 0.25) is 0 Å². The minimum absolute atomic E-state index is 0.192. The van der Waals surface area contributed by atoms with E-state index in [1.165, 1.54) is 27.8 Å². The summed E-state index contributed by atoms with van der Waals surface area (Å²) in [4.78, 5) is 29.0. The van der Waals surface area contributed by atoms with Crippen molar-refractivity contribution in [3.8, 4) is 0 Å². The Labute approximate surface area is 257 Å². The maximum Gasteiger partial charge on any atom is 0.324 e. The van der Waals surface area contributed by atoms with E-state index in [9.17, 15) is 19.8 Å². The van der Waals surface area contributed by atoms with Gasteiger partial charge in [0.05, 0.1) is 11.5 Å². The molecular formula is C37H48N2O4. The van der Waals surface area contributed by atoms with Crippen molar-refractivity contribution in [2.75, 3.05) is 26.2 Å². The predicted octanol–water partition coefficient (Wildman–Crippen LogP) is 6.84. The average molecular weight is 585 g/mol. The minimum Gasteiger partial charge on any atom is -0.481 e. The van der Waals surface area contributed by atoms with Crippen LogP contribution in [-0.4, -0.2) is 63.7 Å². The van der Waals surface area contributed by atoms with Crippen molar-refractivity contribution in [3.63, 3.8) is 0 Å². The standard InChI is InChI=1S/C37H48N2O4/c1-6-38(7-2)37(30-15-11-9-12-16-30,31-17-13-10-14-18-31)33-20-19-29(25-27(33)4)22-24-39(8-3)36(35(42)43)23-21-32(34(40)41)28(5)26-36/h9-20,25,28,32H,6-8,21-24,26H2,1-5H3,(H,40,41)(H,42,43). The molecule has 0 aliphatic heterocycles. The van der Waals surface area contributed by atoms with E-state index in [0.717, 1.165) is 19.5 Å². The number of aliphatic carboxylic acids is 2. The van der Waals surface area contributed by atoms with Crippen LogP contribution < -0.4 is 0 Å². The number of rotatable bonds is 13. The predicted molar refractivity (Wildman–Crippen MR) is 172 cm³/mol. The number of hydrogen-bond donors (Lipinski definition) is 2. The molecule has 4 rings (SSSR count). The molecule has 0 aromatic heterocycles. The third-order valence-corrected chi connectivity index (χ3v) is 9.89. The van der Waals surface area contributed by atoms with Crippen molar-refractivity contribution in [2.45, 2.75) is 71.4 Å². The van der Waals surface area contributed by atoms with Gasteiger partial charge in [0.1, 0.15) is 5.54 Å². The van der Waals surface area contributed by atoms with E-state index in [-0.39, 0.29) is 5.92 Å². The van der Waals surface area contributed by atoms with Gasteiger partial charge in [-0.2, -0.15) is 0 Å². The molecule has 3 aromatic carbocycles. The number of benzene rings is 3. The summed E-state index contributed by atoms with van der Waals surface area (Å²) >= 11 is 0. The second-order valence-corrected chi connectivity index (χ2v) is 12.1. The van der Waals surface area contributed by atoms with Crippen molar-refractivity contribution in [1.29, 1.82) is 0 Å². The molecule has 2 N–H and O–H groups in total. The molecule has 0 amide bonds. The molecule has 1 aliphatic carbocycles. The van der Waals surface area contributed by atoms with Crippen LogP contribution in [0.15, 0.2) is 78.9 Å². The maximum absolute atomic E-state index is 12.7. The van der Waals surface area contributed by atoms with Gasteiger partial charge in [-0.3, -0.25) is 19.4 Å². The first-order valence-corrected chi connectivity index (χ1v) is 15.8. The number of nitrogens with zero attached hydrogens (tertiary/aromatic N) is 2. The van der Waals surface area contributed by atoms with E-state index in [1.807, 2.05) is 13.8 Å². The van der Waals surface area contributed by atoms with Gasteiger partial charge in [-0.1, -0.05) is 107 Å². The second-order valence-electron chi connectivity index (χ2n) is 12.1. The first-order valence-electron chi connectivity index (χ1n) is 15.8. The monoisotopic (exact) mass is 584 g/mol. The number of hydrogen-bond acceptors (Lipinski definition) is 4. The zero-order valence-electron chi connectivity index (χ0n) is 26.4. The van der Waals surface area contributed by atoms with E-state index in [1.54, 1.807) is 0 Å². The Hall–Kier alpha value is -3.48. The van der Waals surface area contributed by atoms with Crippen LogP contribution in [0, 0.1) is 18.8 Å². The summed E-state index contributed by atoms with van der Waals surface area (Å²) in [7, 11) is 0. The van der Waals surface area contributed by atoms with E-state index >= 15 is 0 Å². The number of likely N-dealkylation sites (N-methyl/N-ethyl adjacent to an activating group) is 1. The third-order valence-electron chi connectivity index (χ3n) is 9.89. The van der Waals surface area contributed by atoms with Gasteiger partial charge in [-0.15, -0.1) is 0 Å². The summed E-state index contributed by atoms with van der Waals surface area (Å²) < 4.78 is 0. The zero-order valence-corrected chi connectivity index (χ0v) is 26.4.